The van der Waals surface area contributed by atoms with Crippen LogP contribution in [-0.4, -0.2) is 33.8 Å². The Morgan fingerprint density at radius 1 is 1.29 bits per heavy atom. The first-order valence-corrected chi connectivity index (χ1v) is 9.31. The zero-order chi connectivity index (χ0) is 17.5. The number of aromatic nitrogens is 3. The highest BCUT2D eigenvalue weighted by molar-refractivity contribution is 7.11. The van der Waals surface area contributed by atoms with E-state index < -0.39 is 0 Å². The van der Waals surface area contributed by atoms with Crippen LogP contribution in [0.25, 0.3) is 0 Å². The highest BCUT2D eigenvalue weighted by Gasteiger charge is 2.09. The lowest BCUT2D eigenvalue weighted by Crippen LogP contribution is -2.38. The van der Waals surface area contributed by atoms with E-state index in [9.17, 15) is 0 Å². The molecule has 0 aliphatic carbocycles. The van der Waals surface area contributed by atoms with Crippen molar-refractivity contribution in [2.75, 3.05) is 13.1 Å². The maximum absolute atomic E-state index is 4.70. The monoisotopic (exact) mass is 348 g/mol. The minimum atomic E-state index is 0.637. The van der Waals surface area contributed by atoms with Crippen LogP contribution in [0.15, 0.2) is 11.2 Å². The average molecular weight is 349 g/mol. The van der Waals surface area contributed by atoms with Gasteiger partial charge in [-0.05, 0) is 27.2 Å². The number of nitrogens with zero attached hydrogens (tertiary/aromatic N) is 4. The summed E-state index contributed by atoms with van der Waals surface area (Å²) >= 11 is 1.79. The number of thiazole rings is 1. The molecule has 24 heavy (non-hydrogen) atoms. The molecule has 0 saturated heterocycles. The van der Waals surface area contributed by atoms with E-state index in [1.807, 2.05) is 24.9 Å². The molecule has 0 aromatic carbocycles. The van der Waals surface area contributed by atoms with Crippen LogP contribution in [0.2, 0.25) is 0 Å². The van der Waals surface area contributed by atoms with Gasteiger partial charge in [0.2, 0.25) is 0 Å². The smallest absolute Gasteiger partial charge is 0.191 e. The molecule has 6 nitrogen and oxygen atoms in total. The summed E-state index contributed by atoms with van der Waals surface area (Å²) in [7, 11) is 1.97. The molecule has 2 aromatic heterocycles. The number of nitrogens with one attached hydrogen (secondary N) is 2. The van der Waals surface area contributed by atoms with E-state index in [1.54, 1.807) is 11.3 Å². The topological polar surface area (TPSA) is 67.1 Å². The maximum atomic E-state index is 4.70. The third-order valence-corrected chi connectivity index (χ3v) is 5.18. The maximum Gasteiger partial charge on any atom is 0.191 e. The van der Waals surface area contributed by atoms with Crippen molar-refractivity contribution in [1.29, 1.82) is 0 Å². The standard InChI is InChI=1S/C17H28N6S/c1-6-14-10-20-16(24-14)8-9-19-17(18-7-2)21-11-15-12(3)22-23(5)13(15)4/h10H,6-9,11H2,1-5H3,(H2,18,19,21). The summed E-state index contributed by atoms with van der Waals surface area (Å²) in [4.78, 5) is 10.5. The Labute approximate surface area is 148 Å². The van der Waals surface area contributed by atoms with Crippen molar-refractivity contribution in [3.63, 3.8) is 0 Å². The Balaban J connectivity index is 1.92. The first kappa shape index (κ1) is 18.4. The van der Waals surface area contributed by atoms with Gasteiger partial charge in [0.25, 0.3) is 0 Å². The molecule has 0 spiro atoms. The van der Waals surface area contributed by atoms with Crippen LogP contribution in [0.1, 0.15) is 40.7 Å². The molecule has 0 radical (unpaired) electrons. The zero-order valence-electron chi connectivity index (χ0n) is 15.3. The molecule has 0 amide bonds. The lowest BCUT2D eigenvalue weighted by Gasteiger charge is -2.10. The Bertz CT molecular complexity index is 685. The van der Waals surface area contributed by atoms with E-state index in [4.69, 9.17) is 4.99 Å². The second-order valence-electron chi connectivity index (χ2n) is 5.72. The van der Waals surface area contributed by atoms with Gasteiger partial charge in [0.15, 0.2) is 5.96 Å². The molecule has 0 bridgehead atoms. The van der Waals surface area contributed by atoms with Crippen LogP contribution in [-0.2, 0) is 26.4 Å². The largest absolute Gasteiger partial charge is 0.357 e. The van der Waals surface area contributed by atoms with E-state index in [-0.39, 0.29) is 0 Å². The molecule has 0 fully saturated rings. The number of hydrogen-bond acceptors (Lipinski definition) is 4. The number of aliphatic imine (C=N–C) groups is 1. The van der Waals surface area contributed by atoms with Crippen molar-refractivity contribution >= 4 is 17.3 Å². The fourth-order valence-electron chi connectivity index (χ4n) is 2.46. The summed E-state index contributed by atoms with van der Waals surface area (Å²) in [6.07, 6.45) is 3.95. The molecule has 0 aliphatic rings. The van der Waals surface area contributed by atoms with Crippen LogP contribution in [0, 0.1) is 13.8 Å². The first-order valence-electron chi connectivity index (χ1n) is 8.49. The summed E-state index contributed by atoms with van der Waals surface area (Å²) in [5.74, 6) is 0.840. The van der Waals surface area contributed by atoms with E-state index in [0.717, 1.165) is 37.6 Å². The lowest BCUT2D eigenvalue weighted by atomic mass is 10.2. The second kappa shape index (κ2) is 8.82. The van der Waals surface area contributed by atoms with Crippen molar-refractivity contribution in [3.05, 3.63) is 33.0 Å². The van der Waals surface area contributed by atoms with Crippen molar-refractivity contribution in [1.82, 2.24) is 25.4 Å². The number of rotatable bonds is 7. The Morgan fingerprint density at radius 2 is 2.08 bits per heavy atom. The molecule has 0 aliphatic heterocycles. The van der Waals surface area contributed by atoms with Gasteiger partial charge < -0.3 is 10.6 Å². The molecule has 0 atom stereocenters. The van der Waals surface area contributed by atoms with Crippen LogP contribution >= 0.6 is 11.3 Å². The molecule has 0 unspecified atom stereocenters. The second-order valence-corrected chi connectivity index (χ2v) is 6.92. The van der Waals surface area contributed by atoms with E-state index in [2.05, 4.69) is 41.5 Å². The van der Waals surface area contributed by atoms with Gasteiger partial charge in [-0.1, -0.05) is 6.92 Å². The fraction of sp³-hybridized carbons (Fsp3) is 0.588. The minimum Gasteiger partial charge on any atom is -0.357 e. The first-order chi connectivity index (χ1) is 11.5. The molecule has 2 aromatic rings. The van der Waals surface area contributed by atoms with Gasteiger partial charge in [0.1, 0.15) is 0 Å². The number of hydrogen-bond donors (Lipinski definition) is 2. The molecule has 2 N–H and O–H groups in total. The Morgan fingerprint density at radius 3 is 2.67 bits per heavy atom. The molecule has 0 saturated carbocycles. The van der Waals surface area contributed by atoms with E-state index in [0.29, 0.717) is 6.54 Å². The summed E-state index contributed by atoms with van der Waals surface area (Å²) in [6, 6.07) is 0. The van der Waals surface area contributed by atoms with Crippen LogP contribution in [0.5, 0.6) is 0 Å². The van der Waals surface area contributed by atoms with Gasteiger partial charge in [-0.15, -0.1) is 11.3 Å². The normalized spacial score (nSPS) is 11.8. The Kier molecular flexibility index (Phi) is 6.78. The molecular formula is C17H28N6S. The highest BCUT2D eigenvalue weighted by atomic mass is 32.1. The van der Waals surface area contributed by atoms with Crippen molar-refractivity contribution in [2.45, 2.75) is 47.1 Å². The van der Waals surface area contributed by atoms with Crippen LogP contribution in [0.4, 0.5) is 0 Å². The lowest BCUT2D eigenvalue weighted by molar-refractivity contribution is 0.730. The number of aryl methyl sites for hydroxylation is 3. The molecule has 7 heteroatoms. The van der Waals surface area contributed by atoms with Crippen molar-refractivity contribution in [2.24, 2.45) is 12.0 Å². The van der Waals surface area contributed by atoms with Crippen molar-refractivity contribution in [3.8, 4) is 0 Å². The highest BCUT2D eigenvalue weighted by Crippen LogP contribution is 2.14. The SMILES string of the molecule is CCNC(=NCc1c(C)nn(C)c1C)NCCc1ncc(CC)s1. The molecular weight excluding hydrogens is 320 g/mol. The van der Waals surface area contributed by atoms with Gasteiger partial charge in [-0.25, -0.2) is 9.98 Å². The third-order valence-electron chi connectivity index (χ3n) is 3.98. The summed E-state index contributed by atoms with van der Waals surface area (Å²) in [5.41, 5.74) is 3.41. The molecule has 2 rings (SSSR count). The van der Waals surface area contributed by atoms with Gasteiger partial charge in [0, 0.05) is 48.9 Å². The summed E-state index contributed by atoms with van der Waals surface area (Å²) in [6.45, 7) is 10.7. The molecule has 132 valence electrons. The summed E-state index contributed by atoms with van der Waals surface area (Å²) < 4.78 is 1.91. The predicted octanol–water partition coefficient (Wildman–Crippen LogP) is 2.35. The van der Waals surface area contributed by atoms with Crippen LogP contribution < -0.4 is 10.6 Å². The van der Waals surface area contributed by atoms with Gasteiger partial charge in [-0.2, -0.15) is 5.10 Å². The fourth-order valence-corrected chi connectivity index (χ4v) is 3.32. The number of guanidine groups is 1. The van der Waals surface area contributed by atoms with Gasteiger partial charge in [-0.3, -0.25) is 4.68 Å². The zero-order valence-corrected chi connectivity index (χ0v) is 16.1. The third kappa shape index (κ3) is 4.80. The Hall–Kier alpha value is -1.89. The van der Waals surface area contributed by atoms with Crippen molar-refractivity contribution < 1.29 is 0 Å². The molecule has 2 heterocycles. The van der Waals surface area contributed by atoms with Gasteiger partial charge in [0.05, 0.1) is 17.2 Å². The van der Waals surface area contributed by atoms with E-state index >= 15 is 0 Å². The minimum absolute atomic E-state index is 0.637. The quantitative estimate of drug-likeness (QED) is 0.595. The van der Waals surface area contributed by atoms with Crippen LogP contribution in [0.3, 0.4) is 0 Å². The summed E-state index contributed by atoms with van der Waals surface area (Å²) in [5, 5.41) is 12.3. The predicted molar refractivity (Wildman–Crippen MR) is 101 cm³/mol. The average Bonchev–Trinajstić information content (AvgIpc) is 3.11. The van der Waals surface area contributed by atoms with E-state index in [1.165, 1.54) is 21.1 Å². The van der Waals surface area contributed by atoms with Gasteiger partial charge >= 0.3 is 0 Å².